The molecule has 12 heteroatoms. The number of hydrogen-bond donors (Lipinski definition) is 7. The van der Waals surface area contributed by atoms with Crippen molar-refractivity contribution in [1.29, 1.82) is 0 Å². The van der Waals surface area contributed by atoms with Crippen LogP contribution in [0.4, 0.5) is 18.9 Å². The number of aromatic amines is 3. The Hall–Kier alpha value is -5.07. The number of nitrogen functional groups attached to an aromatic ring is 1. The summed E-state index contributed by atoms with van der Waals surface area (Å²) < 4.78 is 35.9. The number of alkyl halides is 3. The van der Waals surface area contributed by atoms with Gasteiger partial charge in [-0.05, 0) is 149 Å². The Morgan fingerprint density at radius 2 is 1.03 bits per heavy atom. The minimum Gasteiger partial charge on any atom is -0.357 e. The number of nitrogens with one attached hydrogen (secondary N) is 4. The quantitative estimate of drug-likeness (QED) is 0.0649. The number of aromatic nitrogens is 3. The molecule has 10 rings (SSSR count). The number of rotatable bonds is 1. The average Bonchev–Trinajstić information content (AvgIpc) is 3.88. The van der Waals surface area contributed by atoms with Gasteiger partial charge in [0, 0.05) is 68.3 Å². The van der Waals surface area contributed by atoms with Crippen molar-refractivity contribution in [3.8, 4) is 0 Å². The molecule has 3 aromatic heterocycles. The van der Waals surface area contributed by atoms with E-state index in [-0.39, 0.29) is 30.3 Å². The van der Waals surface area contributed by atoms with Gasteiger partial charge in [-0.3, -0.25) is 10.6 Å². The van der Waals surface area contributed by atoms with Gasteiger partial charge in [0.05, 0.1) is 11.3 Å². The number of ketones is 1. The molecule has 10 N–H and O–H groups in total. The van der Waals surface area contributed by atoms with Crippen LogP contribution in [-0.4, -0.2) is 20.7 Å². The zero-order valence-electron chi connectivity index (χ0n) is 33.2. The molecule has 0 spiro atoms. The zero-order valence-corrected chi connectivity index (χ0v) is 34.0. The largest absolute Gasteiger partial charge is 0.416 e. The number of aryl methyl sites for hydroxylation is 6. The van der Waals surface area contributed by atoms with Crippen molar-refractivity contribution >= 4 is 56.6 Å². The summed E-state index contributed by atoms with van der Waals surface area (Å²) in [5, 5.41) is 3.98. The molecule has 7 aromatic rings. The number of hydrogen-bond acceptors (Lipinski definition) is 5. The van der Waals surface area contributed by atoms with E-state index in [4.69, 9.17) is 17.3 Å². The van der Waals surface area contributed by atoms with Crippen molar-refractivity contribution in [2.75, 3.05) is 5.43 Å². The highest BCUT2D eigenvalue weighted by molar-refractivity contribution is 6.03. The lowest BCUT2D eigenvalue weighted by molar-refractivity contribution is -0.137. The lowest BCUT2D eigenvalue weighted by Crippen LogP contribution is -2.16. The molecular weight excluding hydrogens is 759 g/mol. The fourth-order valence-corrected chi connectivity index (χ4v) is 8.39. The van der Waals surface area contributed by atoms with Gasteiger partial charge in [0.15, 0.2) is 5.78 Å². The second-order valence-corrected chi connectivity index (χ2v) is 15.7. The van der Waals surface area contributed by atoms with Gasteiger partial charge in [-0.1, -0.05) is 34.9 Å². The van der Waals surface area contributed by atoms with Crippen LogP contribution in [0.15, 0.2) is 78.9 Å². The molecule has 2 atom stereocenters. The second kappa shape index (κ2) is 17.8. The summed E-state index contributed by atoms with van der Waals surface area (Å²) in [5.41, 5.74) is 29.2. The third-order valence-electron chi connectivity index (χ3n) is 11.4. The Morgan fingerprint density at radius 1 is 0.603 bits per heavy atom. The van der Waals surface area contributed by atoms with Crippen molar-refractivity contribution in [3.63, 3.8) is 0 Å². The molecule has 0 radical (unpaired) electrons. The third kappa shape index (κ3) is 9.13. The van der Waals surface area contributed by atoms with E-state index in [1.807, 2.05) is 0 Å². The van der Waals surface area contributed by atoms with Gasteiger partial charge < -0.3 is 31.8 Å². The summed E-state index contributed by atoms with van der Waals surface area (Å²) in [6.07, 6.45) is 5.43. The van der Waals surface area contributed by atoms with Crippen molar-refractivity contribution in [2.24, 2.45) is 17.3 Å². The van der Waals surface area contributed by atoms with Gasteiger partial charge >= 0.3 is 6.18 Å². The third-order valence-corrected chi connectivity index (χ3v) is 11.4. The van der Waals surface area contributed by atoms with Gasteiger partial charge in [-0.25, -0.2) is 0 Å². The van der Waals surface area contributed by atoms with Gasteiger partial charge in [0.25, 0.3) is 0 Å². The Balaban J connectivity index is 0.000000130. The van der Waals surface area contributed by atoms with Crippen LogP contribution >= 0.6 is 12.4 Å². The number of benzene rings is 4. The van der Waals surface area contributed by atoms with E-state index in [1.165, 1.54) is 110 Å². The Kier molecular flexibility index (Phi) is 13.1. The summed E-state index contributed by atoms with van der Waals surface area (Å²) in [6, 6.07) is 24.4. The van der Waals surface area contributed by atoms with Crippen molar-refractivity contribution in [3.05, 3.63) is 135 Å². The standard InChI is InChI=1S/2C13H16N2.C13H13NO.C7H7F3N2.ClH/c2*1-8-5-6-12-10(7-8)9-3-2-4-11(14)13(9)15-12;1-8-5-6-11-10(7-8)9-3-2-4-12(15)13(9)14-11;8-7(9,10)5-1-3-6(12-11)4-2-5;/h2*5-7,11,15H,2-4,14H2,1H3;5-7,14H,2-4H2,1H3;1-4,12H,11H2;1H. The smallest absolute Gasteiger partial charge is 0.357 e. The molecule has 8 nitrogen and oxygen atoms in total. The van der Waals surface area contributed by atoms with Crippen molar-refractivity contribution in [2.45, 2.75) is 96.8 Å². The second-order valence-electron chi connectivity index (χ2n) is 15.7. The minimum atomic E-state index is -4.28. The van der Waals surface area contributed by atoms with Crippen LogP contribution < -0.4 is 22.7 Å². The highest BCUT2D eigenvalue weighted by Gasteiger charge is 2.30. The van der Waals surface area contributed by atoms with E-state index in [0.717, 1.165) is 49.0 Å². The first-order chi connectivity index (χ1) is 27.3. The summed E-state index contributed by atoms with van der Waals surface area (Å²) in [7, 11) is 0. The maximum Gasteiger partial charge on any atom is 0.416 e. The SMILES string of the molecule is Cc1ccc2[nH]c3c(c2c1)CCCC3=O.Cc1ccc2[nH]c3c(c2c1)CCCC3N.Cc1ccc2[nH]c3c(c2c1)CCCC3N.Cl.NNc1ccc(C(F)(F)F)cc1. The van der Waals surface area contributed by atoms with Crippen LogP contribution in [0.1, 0.15) is 111 Å². The number of nitrogens with two attached hydrogens (primary N) is 3. The Bertz CT molecular complexity index is 2440. The first-order valence-electron chi connectivity index (χ1n) is 19.8. The minimum absolute atomic E-state index is 0. The number of anilines is 1. The molecule has 3 aliphatic rings. The highest BCUT2D eigenvalue weighted by Crippen LogP contribution is 2.35. The molecule has 0 saturated heterocycles. The molecular formula is C46H53ClF3N7O. The number of carbonyl (C=O) groups is 1. The van der Waals surface area contributed by atoms with E-state index in [2.05, 4.69) is 95.7 Å². The number of hydrazine groups is 1. The molecule has 0 amide bonds. The summed E-state index contributed by atoms with van der Waals surface area (Å²) in [4.78, 5) is 21.9. The topological polar surface area (TPSA) is 155 Å². The lowest BCUT2D eigenvalue weighted by atomic mass is 9.92. The normalized spacial score (nSPS) is 17.0. The summed E-state index contributed by atoms with van der Waals surface area (Å²) in [6.45, 7) is 6.37. The molecule has 306 valence electrons. The van der Waals surface area contributed by atoms with Crippen molar-refractivity contribution in [1.82, 2.24) is 15.0 Å². The maximum absolute atomic E-state index is 12.0. The van der Waals surface area contributed by atoms with E-state index >= 15 is 0 Å². The molecule has 2 unspecified atom stereocenters. The van der Waals surface area contributed by atoms with Crippen LogP contribution in [0.5, 0.6) is 0 Å². The highest BCUT2D eigenvalue weighted by atomic mass is 35.5. The van der Waals surface area contributed by atoms with Gasteiger partial charge in [-0.15, -0.1) is 12.4 Å². The van der Waals surface area contributed by atoms with Crippen molar-refractivity contribution < 1.29 is 18.0 Å². The van der Waals surface area contributed by atoms with E-state index < -0.39 is 11.7 Å². The van der Waals surface area contributed by atoms with Crippen LogP contribution in [-0.2, 0) is 25.4 Å². The van der Waals surface area contributed by atoms with Crippen LogP contribution in [0, 0.1) is 20.8 Å². The predicted octanol–water partition coefficient (Wildman–Crippen LogP) is 11.0. The first kappa shape index (κ1) is 42.5. The van der Waals surface area contributed by atoms with Crippen LogP contribution in [0.25, 0.3) is 32.7 Å². The van der Waals surface area contributed by atoms with E-state index in [0.29, 0.717) is 12.1 Å². The van der Waals surface area contributed by atoms with Gasteiger partial charge in [-0.2, -0.15) is 13.2 Å². The maximum atomic E-state index is 12.0. The Morgan fingerprint density at radius 3 is 1.48 bits per heavy atom. The summed E-state index contributed by atoms with van der Waals surface area (Å²) >= 11 is 0. The predicted molar refractivity (Wildman–Crippen MR) is 233 cm³/mol. The molecule has 3 heterocycles. The van der Waals surface area contributed by atoms with Gasteiger partial charge in [0.2, 0.25) is 0 Å². The molecule has 58 heavy (non-hydrogen) atoms. The number of Topliss-reactive ketones (excluding diaryl/α,β-unsaturated/α-hetero) is 1. The average molecular weight is 812 g/mol. The molecule has 0 aliphatic heterocycles. The van der Waals surface area contributed by atoms with Crippen LogP contribution in [0.3, 0.4) is 0 Å². The zero-order chi connectivity index (χ0) is 40.4. The monoisotopic (exact) mass is 811 g/mol. The number of carbonyl (C=O) groups excluding carboxylic acids is 1. The summed E-state index contributed by atoms with van der Waals surface area (Å²) in [5.74, 6) is 5.25. The number of H-pyrrole nitrogens is 3. The number of fused-ring (bicyclic) bond motifs is 9. The first-order valence-corrected chi connectivity index (χ1v) is 19.8. The fourth-order valence-electron chi connectivity index (χ4n) is 8.39. The number of halogens is 4. The Labute approximate surface area is 342 Å². The van der Waals surface area contributed by atoms with Gasteiger partial charge in [0.1, 0.15) is 0 Å². The lowest BCUT2D eigenvalue weighted by Gasteiger charge is -2.18. The molecule has 3 aliphatic carbocycles. The van der Waals surface area contributed by atoms with E-state index in [1.54, 1.807) is 0 Å². The molecule has 0 fully saturated rings. The fraction of sp³-hybridized carbons (Fsp3) is 0.326. The molecule has 0 bridgehead atoms. The molecule has 4 aromatic carbocycles. The van der Waals surface area contributed by atoms with E-state index in [9.17, 15) is 18.0 Å². The molecule has 0 saturated carbocycles. The van der Waals surface area contributed by atoms with Crippen LogP contribution in [0.2, 0.25) is 0 Å².